The average Bonchev–Trinajstić information content (AvgIpc) is 3.10. The van der Waals surface area contributed by atoms with Crippen LogP contribution in [0.4, 0.5) is 5.95 Å². The molecule has 0 N–H and O–H groups in total. The summed E-state index contributed by atoms with van der Waals surface area (Å²) in [5.74, 6) is 1.61. The summed E-state index contributed by atoms with van der Waals surface area (Å²) in [7, 11) is 1.64. The highest BCUT2D eigenvalue weighted by atomic mass is 16.5. The zero-order valence-corrected chi connectivity index (χ0v) is 15.0. The molecule has 2 aromatic heterocycles. The first kappa shape index (κ1) is 16.7. The molecule has 136 valence electrons. The number of hydrogen-bond acceptors (Lipinski definition) is 5. The van der Waals surface area contributed by atoms with Crippen molar-refractivity contribution >= 4 is 11.5 Å². The van der Waals surface area contributed by atoms with E-state index in [0.717, 1.165) is 36.0 Å². The summed E-state index contributed by atoms with van der Waals surface area (Å²) in [6, 6.07) is 7.77. The minimum Gasteiger partial charge on any atom is -0.497 e. The van der Waals surface area contributed by atoms with Gasteiger partial charge in [-0.2, -0.15) is 0 Å². The maximum atomic E-state index is 13.0. The van der Waals surface area contributed by atoms with Gasteiger partial charge in [-0.25, -0.2) is 4.98 Å². The van der Waals surface area contributed by atoms with E-state index in [-0.39, 0.29) is 5.56 Å². The first-order chi connectivity index (χ1) is 12.7. The van der Waals surface area contributed by atoms with Gasteiger partial charge in [0.25, 0.3) is 5.56 Å². The van der Waals surface area contributed by atoms with Gasteiger partial charge in [0.1, 0.15) is 11.3 Å². The van der Waals surface area contributed by atoms with Crippen LogP contribution in [0, 0.1) is 6.92 Å². The van der Waals surface area contributed by atoms with Crippen molar-refractivity contribution in [2.24, 2.45) is 0 Å². The van der Waals surface area contributed by atoms with Crippen molar-refractivity contribution in [3.63, 3.8) is 0 Å². The van der Waals surface area contributed by atoms with Crippen LogP contribution in [0.2, 0.25) is 0 Å². The Kier molecular flexibility index (Phi) is 4.38. The van der Waals surface area contributed by atoms with Gasteiger partial charge in [0, 0.05) is 25.0 Å². The second-order valence-corrected chi connectivity index (χ2v) is 6.42. The molecule has 3 heterocycles. The van der Waals surface area contributed by atoms with E-state index < -0.39 is 0 Å². The second kappa shape index (κ2) is 6.84. The van der Waals surface area contributed by atoms with Crippen LogP contribution in [0.3, 0.4) is 0 Å². The van der Waals surface area contributed by atoms with E-state index >= 15 is 0 Å². The van der Waals surface area contributed by atoms with Crippen molar-refractivity contribution in [1.29, 1.82) is 0 Å². The van der Waals surface area contributed by atoms with Crippen molar-refractivity contribution in [2.75, 3.05) is 38.3 Å². The maximum absolute atomic E-state index is 13.0. The highest BCUT2D eigenvalue weighted by molar-refractivity contribution is 5.52. The minimum absolute atomic E-state index is 0.0344. The van der Waals surface area contributed by atoms with E-state index in [1.165, 1.54) is 0 Å². The Bertz CT molecular complexity index is 969. The third kappa shape index (κ3) is 2.94. The van der Waals surface area contributed by atoms with Gasteiger partial charge in [-0.15, -0.1) is 0 Å². The molecule has 1 aromatic carbocycles. The van der Waals surface area contributed by atoms with Crippen LogP contribution >= 0.6 is 0 Å². The van der Waals surface area contributed by atoms with Gasteiger partial charge in [0.05, 0.1) is 33.1 Å². The average molecular weight is 354 g/mol. The predicted molar refractivity (Wildman–Crippen MR) is 99.3 cm³/mol. The molecule has 0 aliphatic carbocycles. The Morgan fingerprint density at radius 3 is 2.62 bits per heavy atom. The summed E-state index contributed by atoms with van der Waals surface area (Å²) in [6.45, 7) is 5.40. The smallest absolute Gasteiger partial charge is 0.277 e. The van der Waals surface area contributed by atoms with Gasteiger partial charge in [-0.05, 0) is 24.6 Å². The Labute approximate surface area is 151 Å². The Hall–Kier alpha value is -2.80. The lowest BCUT2D eigenvalue weighted by Crippen LogP contribution is -2.37. The molecule has 1 saturated heterocycles. The Morgan fingerprint density at radius 2 is 1.92 bits per heavy atom. The third-order valence-corrected chi connectivity index (χ3v) is 4.78. The molecule has 0 spiro atoms. The minimum atomic E-state index is -0.0344. The van der Waals surface area contributed by atoms with Crippen molar-refractivity contribution in [1.82, 2.24) is 14.0 Å². The van der Waals surface area contributed by atoms with Crippen molar-refractivity contribution < 1.29 is 9.47 Å². The summed E-state index contributed by atoms with van der Waals surface area (Å²) in [4.78, 5) is 19.7. The first-order valence-electron chi connectivity index (χ1n) is 8.70. The highest BCUT2D eigenvalue weighted by Gasteiger charge is 2.18. The van der Waals surface area contributed by atoms with Crippen LogP contribution in [0.1, 0.15) is 11.3 Å². The molecule has 0 radical (unpaired) electrons. The number of methoxy groups -OCH3 is 1. The molecule has 0 atom stereocenters. The normalized spacial score (nSPS) is 14.8. The van der Waals surface area contributed by atoms with Crippen molar-refractivity contribution in [3.8, 4) is 5.75 Å². The lowest BCUT2D eigenvalue weighted by molar-refractivity contribution is 0.122. The van der Waals surface area contributed by atoms with Crippen LogP contribution in [-0.2, 0) is 11.3 Å². The Morgan fingerprint density at radius 1 is 1.19 bits per heavy atom. The fourth-order valence-corrected chi connectivity index (χ4v) is 3.30. The zero-order valence-electron chi connectivity index (χ0n) is 15.0. The molecule has 7 heteroatoms. The third-order valence-electron chi connectivity index (χ3n) is 4.78. The predicted octanol–water partition coefficient (Wildman–Crippen LogP) is 1.70. The molecule has 3 aromatic rings. The van der Waals surface area contributed by atoms with E-state index in [4.69, 9.17) is 9.47 Å². The standard InChI is InChI=1S/C19H22N4O3/c1-14-12-23-17(11-20-19(23)21-7-9-26-10-8-21)18(24)22(14)13-15-3-5-16(25-2)6-4-15/h3-6,11-12H,7-10,13H2,1-2H3. The number of hydrogen-bond donors (Lipinski definition) is 0. The largest absolute Gasteiger partial charge is 0.497 e. The lowest BCUT2D eigenvalue weighted by Gasteiger charge is -2.27. The van der Waals surface area contributed by atoms with Crippen molar-refractivity contribution in [2.45, 2.75) is 13.5 Å². The SMILES string of the molecule is COc1ccc(Cn2c(C)cn3c(N4CCOCC4)ncc3c2=O)cc1. The number of benzene rings is 1. The van der Waals surface area contributed by atoms with Gasteiger partial charge in [0.2, 0.25) is 5.95 Å². The van der Waals surface area contributed by atoms with Crippen LogP contribution in [0.15, 0.2) is 41.5 Å². The highest BCUT2D eigenvalue weighted by Crippen LogP contribution is 2.17. The molecule has 1 aliphatic rings. The lowest BCUT2D eigenvalue weighted by atomic mass is 10.2. The van der Waals surface area contributed by atoms with E-state index in [0.29, 0.717) is 25.3 Å². The van der Waals surface area contributed by atoms with Crippen molar-refractivity contribution in [3.05, 3.63) is 58.3 Å². The monoisotopic (exact) mass is 354 g/mol. The second-order valence-electron chi connectivity index (χ2n) is 6.42. The maximum Gasteiger partial charge on any atom is 0.277 e. The summed E-state index contributed by atoms with van der Waals surface area (Å²) in [5, 5.41) is 0. The van der Waals surface area contributed by atoms with E-state index in [1.807, 2.05) is 41.8 Å². The van der Waals surface area contributed by atoms with Gasteiger partial charge in [0.15, 0.2) is 0 Å². The number of nitrogens with zero attached hydrogens (tertiary/aromatic N) is 4. The topological polar surface area (TPSA) is 61.0 Å². The number of aryl methyl sites for hydroxylation is 1. The van der Waals surface area contributed by atoms with Crippen LogP contribution in [0.25, 0.3) is 5.52 Å². The Balaban J connectivity index is 1.71. The number of morpholine rings is 1. The quantitative estimate of drug-likeness (QED) is 0.714. The van der Waals surface area contributed by atoms with E-state index in [9.17, 15) is 4.79 Å². The number of anilines is 1. The number of fused-ring (bicyclic) bond motifs is 1. The molecule has 0 saturated carbocycles. The summed E-state index contributed by atoms with van der Waals surface area (Å²) in [5.41, 5.74) is 2.50. The number of ether oxygens (including phenoxy) is 2. The van der Waals surface area contributed by atoms with Crippen LogP contribution in [-0.4, -0.2) is 47.4 Å². The van der Waals surface area contributed by atoms with E-state index in [2.05, 4.69) is 9.88 Å². The molecule has 1 aliphatic heterocycles. The molecule has 0 amide bonds. The molecular weight excluding hydrogens is 332 g/mol. The van der Waals surface area contributed by atoms with Gasteiger partial charge in [-0.3, -0.25) is 9.20 Å². The molecule has 1 fully saturated rings. The first-order valence-corrected chi connectivity index (χ1v) is 8.70. The molecule has 4 rings (SSSR count). The van der Waals surface area contributed by atoms with E-state index in [1.54, 1.807) is 17.9 Å². The fraction of sp³-hybridized carbons (Fsp3) is 0.368. The van der Waals surface area contributed by atoms with Gasteiger partial charge < -0.3 is 18.9 Å². The van der Waals surface area contributed by atoms with Gasteiger partial charge >= 0.3 is 0 Å². The molecule has 0 unspecified atom stereocenters. The number of rotatable bonds is 4. The number of aromatic nitrogens is 3. The van der Waals surface area contributed by atoms with Gasteiger partial charge in [-0.1, -0.05) is 12.1 Å². The molecule has 7 nitrogen and oxygen atoms in total. The fourth-order valence-electron chi connectivity index (χ4n) is 3.30. The van der Waals surface area contributed by atoms with Crippen LogP contribution < -0.4 is 15.2 Å². The zero-order chi connectivity index (χ0) is 18.1. The summed E-state index contributed by atoms with van der Waals surface area (Å²) < 4.78 is 14.3. The van der Waals surface area contributed by atoms with Crippen LogP contribution in [0.5, 0.6) is 5.75 Å². The molecular formula is C19H22N4O3. The molecule has 26 heavy (non-hydrogen) atoms. The summed E-state index contributed by atoms with van der Waals surface area (Å²) >= 11 is 0. The summed E-state index contributed by atoms with van der Waals surface area (Å²) in [6.07, 6.45) is 3.65. The number of imidazole rings is 1. The molecule has 0 bridgehead atoms.